The van der Waals surface area contributed by atoms with Crippen LogP contribution in [0.2, 0.25) is 0 Å². The largest absolute Gasteiger partial charge is 0.465 e. The molecule has 0 aliphatic carbocycles. The number of piperidine rings is 1. The summed E-state index contributed by atoms with van der Waals surface area (Å²) in [7, 11) is 0. The first-order chi connectivity index (χ1) is 15.6. The van der Waals surface area contributed by atoms with Gasteiger partial charge in [-0.05, 0) is 30.7 Å². The number of nitriles is 1. The maximum absolute atomic E-state index is 14.1. The zero-order chi connectivity index (χ0) is 24.3. The first-order valence-electron chi connectivity index (χ1n) is 9.85. The highest BCUT2D eigenvalue weighted by Gasteiger charge is 2.47. The predicted molar refractivity (Wildman–Crippen MR) is 108 cm³/mol. The highest BCUT2D eigenvalue weighted by atomic mass is 19.3. The van der Waals surface area contributed by atoms with Gasteiger partial charge >= 0.3 is 6.09 Å². The number of amides is 2. The van der Waals surface area contributed by atoms with Crippen LogP contribution in [0.5, 0.6) is 0 Å². The van der Waals surface area contributed by atoms with E-state index in [0.29, 0.717) is 5.69 Å². The minimum atomic E-state index is -3.62. The molecule has 1 aromatic heterocycles. The van der Waals surface area contributed by atoms with Gasteiger partial charge in [0.2, 0.25) is 0 Å². The molecule has 3 atom stereocenters. The van der Waals surface area contributed by atoms with E-state index in [1.54, 1.807) is 0 Å². The molecule has 13 heteroatoms. The minimum Gasteiger partial charge on any atom is -0.465 e. The van der Waals surface area contributed by atoms with E-state index in [2.05, 4.69) is 10.4 Å². The molecule has 2 amide bonds. The summed E-state index contributed by atoms with van der Waals surface area (Å²) >= 11 is 0. The quantitative estimate of drug-likeness (QED) is 0.487. The van der Waals surface area contributed by atoms with Gasteiger partial charge in [-0.25, -0.2) is 18.0 Å². The van der Waals surface area contributed by atoms with E-state index < -0.39 is 54.8 Å². The van der Waals surface area contributed by atoms with Crippen LogP contribution in [0.1, 0.15) is 29.2 Å². The Morgan fingerprint density at radius 3 is 2.55 bits per heavy atom. The number of carbonyl (C=O) groups is 2. The average molecular weight is 466 g/mol. The Kier molecular flexibility index (Phi) is 6.78. The first kappa shape index (κ1) is 23.9. The lowest BCUT2D eigenvalue weighted by Gasteiger charge is -2.43. The van der Waals surface area contributed by atoms with Gasteiger partial charge in [0.05, 0.1) is 24.1 Å². The zero-order valence-corrected chi connectivity index (χ0v) is 17.2. The molecular weight excluding hydrogens is 445 g/mol. The SMILES string of the molecule is N#CC1CCN(C(=O)O)C(CC(F)(F)CO)C1n1cc(C(N)=O)c(Nc2ccc(F)cc2)n1. The van der Waals surface area contributed by atoms with Crippen LogP contribution in [0.15, 0.2) is 30.5 Å². The van der Waals surface area contributed by atoms with Crippen LogP contribution in [0, 0.1) is 23.1 Å². The molecule has 0 spiro atoms. The topological polar surface area (TPSA) is 158 Å². The Labute approximate surface area is 186 Å². The second-order valence-corrected chi connectivity index (χ2v) is 7.64. The number of halogens is 3. The number of aliphatic hydroxyl groups is 1. The molecule has 1 aliphatic heterocycles. The molecule has 5 N–H and O–H groups in total. The van der Waals surface area contributed by atoms with E-state index in [-0.39, 0.29) is 24.3 Å². The highest BCUT2D eigenvalue weighted by molar-refractivity contribution is 5.98. The van der Waals surface area contributed by atoms with Gasteiger partial charge in [0.25, 0.3) is 11.8 Å². The molecule has 2 aromatic rings. The van der Waals surface area contributed by atoms with Crippen LogP contribution in [0.25, 0.3) is 0 Å². The standard InChI is InChI=1S/C20H21F3N6O4/c21-12-1-3-13(4-2-12)26-18-14(17(25)31)9-29(27-18)16-11(8-24)5-6-28(19(32)33)15(16)7-20(22,23)10-30/h1-4,9,11,15-16,30H,5-7,10H2,(H2,25,31)(H,26,27)(H,32,33). The Morgan fingerprint density at radius 1 is 1.33 bits per heavy atom. The Hall–Kier alpha value is -3.79. The Bertz CT molecular complexity index is 1070. The summed E-state index contributed by atoms with van der Waals surface area (Å²) < 4.78 is 42.5. The number of rotatable bonds is 7. The van der Waals surface area contributed by atoms with Gasteiger partial charge in [-0.3, -0.25) is 9.48 Å². The van der Waals surface area contributed by atoms with E-state index in [1.165, 1.54) is 12.1 Å². The summed E-state index contributed by atoms with van der Waals surface area (Å²) in [6, 6.07) is 4.43. The predicted octanol–water partition coefficient (Wildman–Crippen LogP) is 2.32. The number of aliphatic hydroxyl groups excluding tert-OH is 1. The number of alkyl halides is 2. The summed E-state index contributed by atoms with van der Waals surface area (Å²) in [5.74, 6) is -6.03. The fourth-order valence-corrected chi connectivity index (χ4v) is 3.89. The molecule has 10 nitrogen and oxygen atoms in total. The molecule has 0 saturated carbocycles. The third kappa shape index (κ3) is 5.17. The van der Waals surface area contributed by atoms with Crippen molar-refractivity contribution < 1.29 is 33.0 Å². The number of benzene rings is 1. The van der Waals surface area contributed by atoms with Gasteiger partial charge in [0, 0.05) is 24.8 Å². The number of likely N-dealkylation sites (tertiary alicyclic amines) is 1. The fourth-order valence-electron chi connectivity index (χ4n) is 3.89. The third-order valence-electron chi connectivity index (χ3n) is 5.45. The van der Waals surface area contributed by atoms with Crippen LogP contribution in [0.4, 0.5) is 29.5 Å². The maximum atomic E-state index is 14.1. The van der Waals surface area contributed by atoms with E-state index in [0.717, 1.165) is 27.9 Å². The normalized spacial score (nSPS) is 20.8. The van der Waals surface area contributed by atoms with Gasteiger partial charge in [0.1, 0.15) is 18.0 Å². The number of aromatic nitrogens is 2. The molecule has 0 bridgehead atoms. The van der Waals surface area contributed by atoms with Crippen LogP contribution in [-0.4, -0.2) is 62.0 Å². The molecule has 33 heavy (non-hydrogen) atoms. The van der Waals surface area contributed by atoms with Crippen LogP contribution in [0.3, 0.4) is 0 Å². The molecular formula is C20H21F3N6O4. The molecule has 2 heterocycles. The summed E-state index contributed by atoms with van der Waals surface area (Å²) in [5.41, 5.74) is 5.63. The summed E-state index contributed by atoms with van der Waals surface area (Å²) in [6.07, 6.45) is -1.34. The number of nitrogens with zero attached hydrogens (tertiary/aromatic N) is 4. The second kappa shape index (κ2) is 9.37. The maximum Gasteiger partial charge on any atom is 0.407 e. The fraction of sp³-hybridized carbons (Fsp3) is 0.400. The Balaban J connectivity index is 2.07. The number of carbonyl (C=O) groups excluding carboxylic acids is 1. The van der Waals surface area contributed by atoms with Crippen molar-refractivity contribution in [1.82, 2.24) is 14.7 Å². The zero-order valence-electron chi connectivity index (χ0n) is 17.2. The van der Waals surface area contributed by atoms with Gasteiger partial charge < -0.3 is 26.2 Å². The number of hydrogen-bond donors (Lipinski definition) is 4. The molecule has 1 fully saturated rings. The van der Waals surface area contributed by atoms with Gasteiger partial charge in [0.15, 0.2) is 5.82 Å². The lowest BCUT2D eigenvalue weighted by atomic mass is 9.83. The summed E-state index contributed by atoms with van der Waals surface area (Å²) in [6.45, 7) is -1.68. The molecule has 1 aromatic carbocycles. The number of carboxylic acid groups (broad SMARTS) is 1. The number of hydrogen-bond acceptors (Lipinski definition) is 6. The molecule has 3 rings (SSSR count). The number of primary amides is 1. The highest BCUT2D eigenvalue weighted by Crippen LogP contribution is 2.39. The van der Waals surface area contributed by atoms with Crippen molar-refractivity contribution in [1.29, 1.82) is 5.26 Å². The number of anilines is 2. The van der Waals surface area contributed by atoms with Crippen molar-refractivity contribution in [3.63, 3.8) is 0 Å². The van der Waals surface area contributed by atoms with E-state index in [4.69, 9.17) is 10.8 Å². The lowest BCUT2D eigenvalue weighted by molar-refractivity contribution is -0.0846. The van der Waals surface area contributed by atoms with Gasteiger partial charge in [-0.1, -0.05) is 0 Å². The van der Waals surface area contributed by atoms with Crippen molar-refractivity contribution >= 4 is 23.5 Å². The first-order valence-corrected chi connectivity index (χ1v) is 9.85. The smallest absolute Gasteiger partial charge is 0.407 e. The molecule has 176 valence electrons. The van der Waals surface area contributed by atoms with Crippen molar-refractivity contribution in [3.8, 4) is 6.07 Å². The second-order valence-electron chi connectivity index (χ2n) is 7.64. The average Bonchev–Trinajstić information content (AvgIpc) is 3.18. The van der Waals surface area contributed by atoms with E-state index in [1.807, 2.05) is 6.07 Å². The molecule has 3 unspecified atom stereocenters. The Morgan fingerprint density at radius 2 is 2.00 bits per heavy atom. The number of nitrogens with one attached hydrogen (secondary N) is 1. The minimum absolute atomic E-state index is 0.0428. The van der Waals surface area contributed by atoms with Crippen molar-refractivity contribution in [2.75, 3.05) is 18.5 Å². The van der Waals surface area contributed by atoms with Crippen LogP contribution >= 0.6 is 0 Å². The van der Waals surface area contributed by atoms with Crippen molar-refractivity contribution in [2.24, 2.45) is 11.7 Å². The van der Waals surface area contributed by atoms with Crippen molar-refractivity contribution in [2.45, 2.75) is 30.8 Å². The molecule has 0 radical (unpaired) electrons. The lowest BCUT2D eigenvalue weighted by Crippen LogP contribution is -2.54. The van der Waals surface area contributed by atoms with Crippen molar-refractivity contribution in [3.05, 3.63) is 41.8 Å². The number of nitrogens with two attached hydrogens (primary N) is 1. The van der Waals surface area contributed by atoms with Crippen LogP contribution < -0.4 is 11.1 Å². The summed E-state index contributed by atoms with van der Waals surface area (Å²) in [5, 5.41) is 35.2. The third-order valence-corrected chi connectivity index (χ3v) is 5.45. The van der Waals surface area contributed by atoms with Gasteiger partial charge in [-0.2, -0.15) is 10.4 Å². The molecule has 1 aliphatic rings. The van der Waals surface area contributed by atoms with Gasteiger partial charge in [-0.15, -0.1) is 0 Å². The molecule has 1 saturated heterocycles. The monoisotopic (exact) mass is 466 g/mol. The van der Waals surface area contributed by atoms with E-state index in [9.17, 15) is 33.1 Å². The summed E-state index contributed by atoms with van der Waals surface area (Å²) in [4.78, 5) is 24.5. The van der Waals surface area contributed by atoms with E-state index >= 15 is 0 Å². The van der Waals surface area contributed by atoms with Crippen LogP contribution in [-0.2, 0) is 0 Å².